The van der Waals surface area contributed by atoms with Crippen LogP contribution in [0, 0.1) is 23.5 Å². The Balaban J connectivity index is 1.37. The highest BCUT2D eigenvalue weighted by Crippen LogP contribution is 2.36. The molecule has 2 heterocycles. The Morgan fingerprint density at radius 1 is 0.893 bits per heavy atom. The van der Waals surface area contributed by atoms with Crippen LogP contribution in [0.25, 0.3) is 0 Å². The first-order valence-corrected chi connectivity index (χ1v) is 10.6. The van der Waals surface area contributed by atoms with Crippen LogP contribution in [0.4, 0.5) is 8.78 Å². The Bertz CT molecular complexity index is 744. The summed E-state index contributed by atoms with van der Waals surface area (Å²) in [6, 6.07) is 3.44. The molecule has 4 nitrogen and oxygen atoms in total. The molecule has 1 aliphatic carbocycles. The number of fused-ring (bicyclic) bond motifs is 1. The normalized spacial score (nSPS) is 26.1. The zero-order chi connectivity index (χ0) is 19.7. The van der Waals surface area contributed by atoms with Crippen molar-refractivity contribution in [2.45, 2.75) is 57.4 Å². The van der Waals surface area contributed by atoms with Crippen LogP contribution in [0.5, 0.6) is 0 Å². The first-order valence-electron chi connectivity index (χ1n) is 10.6. The number of carbonyl (C=O) groups is 2. The molecule has 2 saturated heterocycles. The quantitative estimate of drug-likeness (QED) is 0.766. The average Bonchev–Trinajstić information content (AvgIpc) is 2.72. The number of likely N-dealkylation sites (tertiary alicyclic amines) is 2. The molecule has 0 N–H and O–H groups in total. The van der Waals surface area contributed by atoms with E-state index in [0.717, 1.165) is 31.5 Å². The van der Waals surface area contributed by atoms with E-state index in [1.54, 1.807) is 4.90 Å². The van der Waals surface area contributed by atoms with Gasteiger partial charge in [-0.1, -0.05) is 12.8 Å². The van der Waals surface area contributed by atoms with Gasteiger partial charge < -0.3 is 9.80 Å². The highest BCUT2D eigenvalue weighted by atomic mass is 19.1. The maximum absolute atomic E-state index is 13.9. The number of carbonyl (C=O) groups excluding carboxylic acids is 2. The summed E-state index contributed by atoms with van der Waals surface area (Å²) in [6.07, 6.45) is 8.41. The number of piperidine rings is 2. The molecular weight excluding hydrogens is 362 g/mol. The third kappa shape index (κ3) is 3.78. The number of rotatable bonds is 2. The van der Waals surface area contributed by atoms with Gasteiger partial charge in [-0.25, -0.2) is 8.78 Å². The molecule has 2 aliphatic heterocycles. The van der Waals surface area contributed by atoms with Gasteiger partial charge in [-0.15, -0.1) is 0 Å². The number of halogens is 2. The summed E-state index contributed by atoms with van der Waals surface area (Å²) in [6.45, 7) is 1.74. The lowest BCUT2D eigenvalue weighted by atomic mass is 9.77. The molecule has 0 radical (unpaired) electrons. The van der Waals surface area contributed by atoms with E-state index in [1.807, 2.05) is 0 Å². The van der Waals surface area contributed by atoms with Gasteiger partial charge in [0, 0.05) is 37.7 Å². The van der Waals surface area contributed by atoms with E-state index in [1.165, 1.54) is 31.7 Å². The van der Waals surface area contributed by atoms with Crippen molar-refractivity contribution in [1.29, 1.82) is 0 Å². The zero-order valence-electron chi connectivity index (χ0n) is 16.2. The molecule has 0 aromatic heterocycles. The topological polar surface area (TPSA) is 40.6 Å². The van der Waals surface area contributed by atoms with E-state index in [0.29, 0.717) is 37.9 Å². The zero-order valence-corrected chi connectivity index (χ0v) is 16.2. The number of amides is 2. The van der Waals surface area contributed by atoms with Crippen LogP contribution in [0.1, 0.15) is 61.7 Å². The van der Waals surface area contributed by atoms with Gasteiger partial charge in [0.2, 0.25) is 5.91 Å². The molecule has 3 fully saturated rings. The van der Waals surface area contributed by atoms with Crippen molar-refractivity contribution < 1.29 is 18.4 Å². The molecule has 152 valence electrons. The van der Waals surface area contributed by atoms with Crippen molar-refractivity contribution in [2.24, 2.45) is 11.8 Å². The fourth-order valence-electron chi connectivity index (χ4n) is 5.30. The Morgan fingerprint density at radius 2 is 1.61 bits per heavy atom. The van der Waals surface area contributed by atoms with E-state index in [2.05, 4.69) is 4.90 Å². The average molecular weight is 390 g/mol. The van der Waals surface area contributed by atoms with E-state index in [4.69, 9.17) is 0 Å². The molecule has 1 aromatic rings. The predicted octanol–water partition coefficient (Wildman–Crippen LogP) is 4.00. The summed E-state index contributed by atoms with van der Waals surface area (Å²) in [5, 5.41) is 0. The first-order chi connectivity index (χ1) is 13.5. The van der Waals surface area contributed by atoms with Gasteiger partial charge in [-0.2, -0.15) is 0 Å². The Hall–Kier alpha value is -1.98. The molecule has 3 aliphatic rings. The van der Waals surface area contributed by atoms with Gasteiger partial charge in [0.15, 0.2) is 0 Å². The van der Waals surface area contributed by atoms with Crippen molar-refractivity contribution in [1.82, 2.24) is 9.80 Å². The van der Waals surface area contributed by atoms with Crippen LogP contribution in [0.3, 0.4) is 0 Å². The number of hydrogen-bond acceptors (Lipinski definition) is 2. The number of nitrogens with zero attached hydrogens (tertiary/aromatic N) is 2. The molecule has 2 amide bonds. The van der Waals surface area contributed by atoms with Crippen LogP contribution < -0.4 is 0 Å². The third-order valence-corrected chi connectivity index (χ3v) is 6.82. The highest BCUT2D eigenvalue weighted by molar-refractivity contribution is 5.94. The molecule has 28 heavy (non-hydrogen) atoms. The monoisotopic (exact) mass is 390 g/mol. The Kier molecular flexibility index (Phi) is 5.65. The van der Waals surface area contributed by atoms with Crippen molar-refractivity contribution in [3.05, 3.63) is 35.4 Å². The largest absolute Gasteiger partial charge is 0.339 e. The minimum Gasteiger partial charge on any atom is -0.339 e. The number of hydrogen-bond donors (Lipinski definition) is 0. The summed E-state index contributed by atoms with van der Waals surface area (Å²) in [7, 11) is 0. The van der Waals surface area contributed by atoms with Gasteiger partial charge in [0.05, 0.1) is 5.56 Å². The summed E-state index contributed by atoms with van der Waals surface area (Å²) in [5.41, 5.74) is -0.104. The van der Waals surface area contributed by atoms with Gasteiger partial charge in [0.25, 0.3) is 5.91 Å². The molecule has 6 heteroatoms. The van der Waals surface area contributed by atoms with Crippen LogP contribution in [0.15, 0.2) is 18.2 Å². The van der Waals surface area contributed by atoms with E-state index in [9.17, 15) is 18.4 Å². The predicted molar refractivity (Wildman–Crippen MR) is 102 cm³/mol. The maximum atomic E-state index is 13.9. The summed E-state index contributed by atoms with van der Waals surface area (Å²) in [4.78, 5) is 29.5. The third-order valence-electron chi connectivity index (χ3n) is 6.82. The molecule has 0 spiro atoms. The minimum atomic E-state index is -0.833. The lowest BCUT2D eigenvalue weighted by Gasteiger charge is -2.46. The van der Waals surface area contributed by atoms with E-state index in [-0.39, 0.29) is 17.4 Å². The minimum absolute atomic E-state index is 0.0530. The second-order valence-corrected chi connectivity index (χ2v) is 8.48. The van der Waals surface area contributed by atoms with Crippen molar-refractivity contribution in [2.75, 3.05) is 19.6 Å². The molecule has 0 bridgehead atoms. The van der Waals surface area contributed by atoms with Crippen molar-refractivity contribution in [3.8, 4) is 0 Å². The molecular formula is C22H28F2N2O2. The Labute approximate surface area is 164 Å². The van der Waals surface area contributed by atoms with Gasteiger partial charge in [-0.05, 0) is 56.6 Å². The lowest BCUT2D eigenvalue weighted by molar-refractivity contribution is -0.143. The molecule has 2 atom stereocenters. The van der Waals surface area contributed by atoms with Crippen LogP contribution >= 0.6 is 0 Å². The van der Waals surface area contributed by atoms with Crippen molar-refractivity contribution in [3.63, 3.8) is 0 Å². The van der Waals surface area contributed by atoms with E-state index < -0.39 is 17.5 Å². The molecule has 1 aromatic carbocycles. The van der Waals surface area contributed by atoms with Gasteiger partial charge in [0.1, 0.15) is 11.6 Å². The lowest BCUT2D eigenvalue weighted by Crippen LogP contribution is -2.53. The summed E-state index contributed by atoms with van der Waals surface area (Å²) in [5.74, 6) is -1.09. The first kappa shape index (κ1) is 19.3. The second kappa shape index (κ2) is 8.18. The van der Waals surface area contributed by atoms with Crippen molar-refractivity contribution >= 4 is 11.8 Å². The highest BCUT2D eigenvalue weighted by Gasteiger charge is 2.39. The summed E-state index contributed by atoms with van der Waals surface area (Å²) < 4.78 is 27.0. The van der Waals surface area contributed by atoms with Crippen LogP contribution in [-0.4, -0.2) is 47.3 Å². The van der Waals surface area contributed by atoms with Gasteiger partial charge >= 0.3 is 0 Å². The smallest absolute Gasteiger partial charge is 0.256 e. The standard InChI is InChI=1S/C22H28F2N2O2/c23-17-7-8-18(19(24)14-17)22(28)25-12-9-16(10-13-25)21(27)26-11-3-5-15-4-1-2-6-20(15)26/h7-8,14-16,20H,1-6,9-13H2/t15-,20-/m0/s1. The second-order valence-electron chi connectivity index (χ2n) is 8.48. The maximum Gasteiger partial charge on any atom is 0.256 e. The molecule has 0 unspecified atom stereocenters. The number of benzene rings is 1. The van der Waals surface area contributed by atoms with E-state index >= 15 is 0 Å². The Morgan fingerprint density at radius 3 is 2.36 bits per heavy atom. The fourth-order valence-corrected chi connectivity index (χ4v) is 5.30. The van der Waals surface area contributed by atoms with Gasteiger partial charge in [-0.3, -0.25) is 9.59 Å². The summed E-state index contributed by atoms with van der Waals surface area (Å²) >= 11 is 0. The molecule has 4 rings (SSSR count). The SMILES string of the molecule is O=C(c1ccc(F)cc1F)N1CCC(C(=O)N2CCC[C@@H]3CCCC[C@@H]32)CC1. The van der Waals surface area contributed by atoms with Crippen LogP contribution in [0.2, 0.25) is 0 Å². The van der Waals surface area contributed by atoms with Crippen LogP contribution in [-0.2, 0) is 4.79 Å². The fraction of sp³-hybridized carbons (Fsp3) is 0.636. The molecule has 1 saturated carbocycles.